The van der Waals surface area contributed by atoms with Gasteiger partial charge in [-0.1, -0.05) is 0 Å². The van der Waals surface area contributed by atoms with Gasteiger partial charge in [0.05, 0.1) is 9.35 Å². The molecule has 0 aliphatic heterocycles. The lowest BCUT2D eigenvalue weighted by molar-refractivity contribution is 0.103. The molecule has 0 unspecified atom stereocenters. The lowest BCUT2D eigenvalue weighted by Gasteiger charge is -2.04. The largest absolute Gasteiger partial charge is 0.399 e. The Balaban J connectivity index is 1.87. The minimum absolute atomic E-state index is 0.228. The second kappa shape index (κ2) is 5.46. The zero-order chi connectivity index (χ0) is 15.0. The highest BCUT2D eigenvalue weighted by Gasteiger charge is 2.11. The van der Waals surface area contributed by atoms with Crippen molar-refractivity contribution < 1.29 is 9.18 Å². The first-order valence-electron chi connectivity index (χ1n) is 6.08. The second-order valence-corrected chi connectivity index (χ2v) is 6.43. The molecule has 21 heavy (non-hydrogen) atoms. The third-order valence-electron chi connectivity index (χ3n) is 2.94. The van der Waals surface area contributed by atoms with E-state index in [4.69, 9.17) is 5.73 Å². The summed E-state index contributed by atoms with van der Waals surface area (Å²) in [6, 6.07) is 11.7. The lowest BCUT2D eigenvalue weighted by atomic mass is 10.2. The molecule has 0 bridgehead atoms. The van der Waals surface area contributed by atoms with Crippen LogP contribution >= 0.6 is 27.3 Å². The van der Waals surface area contributed by atoms with Crippen molar-refractivity contribution in [2.24, 2.45) is 0 Å². The molecule has 0 radical (unpaired) electrons. The standard InChI is InChI=1S/C15H10BrFN2OS/c16-11-7-10(2-3-12(11)17)19-15(20)14-6-8-5-9(18)1-4-13(8)21-14/h1-7H,18H2,(H,19,20). The number of carbonyl (C=O) groups is 1. The first kappa shape index (κ1) is 14.0. The fourth-order valence-electron chi connectivity index (χ4n) is 1.94. The van der Waals surface area contributed by atoms with Gasteiger partial charge in [-0.3, -0.25) is 4.79 Å². The summed E-state index contributed by atoms with van der Waals surface area (Å²) in [4.78, 5) is 12.8. The van der Waals surface area contributed by atoms with Gasteiger partial charge >= 0.3 is 0 Å². The van der Waals surface area contributed by atoms with Gasteiger partial charge in [-0.15, -0.1) is 11.3 Å². The average molecular weight is 365 g/mol. The fourth-order valence-corrected chi connectivity index (χ4v) is 3.26. The molecule has 0 fully saturated rings. The number of nitrogens with two attached hydrogens (primary N) is 1. The minimum Gasteiger partial charge on any atom is -0.399 e. The van der Waals surface area contributed by atoms with E-state index in [-0.39, 0.29) is 11.7 Å². The maximum Gasteiger partial charge on any atom is 0.265 e. The number of halogens is 2. The van der Waals surface area contributed by atoms with E-state index in [0.29, 0.717) is 20.7 Å². The summed E-state index contributed by atoms with van der Waals surface area (Å²) in [6.07, 6.45) is 0. The second-order valence-electron chi connectivity index (χ2n) is 4.49. The monoisotopic (exact) mass is 364 g/mol. The van der Waals surface area contributed by atoms with Crippen LogP contribution in [0.1, 0.15) is 9.67 Å². The maximum atomic E-state index is 13.2. The van der Waals surface area contributed by atoms with Gasteiger partial charge < -0.3 is 11.1 Å². The van der Waals surface area contributed by atoms with Crippen LogP contribution in [0.2, 0.25) is 0 Å². The Morgan fingerprint density at radius 2 is 2.00 bits per heavy atom. The van der Waals surface area contributed by atoms with Crippen LogP contribution in [0.15, 0.2) is 46.9 Å². The maximum absolute atomic E-state index is 13.2. The number of amides is 1. The van der Waals surface area contributed by atoms with Crippen LogP contribution in [0.3, 0.4) is 0 Å². The molecule has 1 amide bonds. The Hall–Kier alpha value is -1.92. The highest BCUT2D eigenvalue weighted by Crippen LogP contribution is 2.28. The molecule has 6 heteroatoms. The zero-order valence-electron chi connectivity index (χ0n) is 10.7. The number of hydrogen-bond acceptors (Lipinski definition) is 3. The summed E-state index contributed by atoms with van der Waals surface area (Å²) in [5.74, 6) is -0.599. The van der Waals surface area contributed by atoms with Crippen molar-refractivity contribution >= 4 is 54.6 Å². The summed E-state index contributed by atoms with van der Waals surface area (Å²) in [5.41, 5.74) is 6.92. The van der Waals surface area contributed by atoms with Gasteiger partial charge in [0, 0.05) is 16.1 Å². The number of hydrogen-bond donors (Lipinski definition) is 2. The van der Waals surface area contributed by atoms with Crippen molar-refractivity contribution in [3.63, 3.8) is 0 Å². The predicted molar refractivity (Wildman–Crippen MR) is 88.3 cm³/mol. The summed E-state index contributed by atoms with van der Waals surface area (Å²) >= 11 is 4.48. The Morgan fingerprint density at radius 3 is 2.76 bits per heavy atom. The van der Waals surface area contributed by atoms with Crippen molar-refractivity contribution in [1.29, 1.82) is 0 Å². The van der Waals surface area contributed by atoms with E-state index in [1.54, 1.807) is 12.1 Å². The zero-order valence-corrected chi connectivity index (χ0v) is 13.1. The quantitative estimate of drug-likeness (QED) is 0.650. The fraction of sp³-hybridized carbons (Fsp3) is 0. The van der Waals surface area contributed by atoms with Crippen LogP contribution < -0.4 is 11.1 Å². The van der Waals surface area contributed by atoms with E-state index in [1.165, 1.54) is 29.5 Å². The normalized spacial score (nSPS) is 10.8. The van der Waals surface area contributed by atoms with E-state index in [0.717, 1.165) is 10.1 Å². The van der Waals surface area contributed by atoms with Crippen molar-refractivity contribution in [3.8, 4) is 0 Å². The first-order valence-corrected chi connectivity index (χ1v) is 7.69. The van der Waals surface area contributed by atoms with E-state index in [9.17, 15) is 9.18 Å². The highest BCUT2D eigenvalue weighted by molar-refractivity contribution is 9.10. The lowest BCUT2D eigenvalue weighted by Crippen LogP contribution is -2.10. The van der Waals surface area contributed by atoms with Gasteiger partial charge in [0.1, 0.15) is 5.82 Å². The molecule has 1 aromatic heterocycles. The molecule has 3 aromatic rings. The van der Waals surface area contributed by atoms with E-state index in [1.807, 2.05) is 12.1 Å². The molecule has 2 aromatic carbocycles. The van der Waals surface area contributed by atoms with E-state index >= 15 is 0 Å². The average Bonchev–Trinajstić information content (AvgIpc) is 2.86. The van der Waals surface area contributed by atoms with Crippen molar-refractivity contribution in [2.75, 3.05) is 11.1 Å². The molecule has 0 atom stereocenters. The predicted octanol–water partition coefficient (Wildman–Crippen LogP) is 4.64. The molecular formula is C15H10BrFN2OS. The molecular weight excluding hydrogens is 355 g/mol. The number of fused-ring (bicyclic) bond motifs is 1. The Bertz CT molecular complexity index is 847. The van der Waals surface area contributed by atoms with Crippen LogP contribution in [0, 0.1) is 5.82 Å². The molecule has 1 heterocycles. The van der Waals surface area contributed by atoms with Crippen molar-refractivity contribution in [1.82, 2.24) is 0 Å². The van der Waals surface area contributed by atoms with Crippen LogP contribution in [0.5, 0.6) is 0 Å². The Labute approximate surface area is 132 Å². The minimum atomic E-state index is -0.370. The third kappa shape index (κ3) is 2.91. The van der Waals surface area contributed by atoms with E-state index in [2.05, 4.69) is 21.2 Å². The smallest absolute Gasteiger partial charge is 0.265 e. The topological polar surface area (TPSA) is 55.1 Å². The van der Waals surface area contributed by atoms with Gasteiger partial charge in [-0.05, 0) is 63.8 Å². The number of anilines is 2. The van der Waals surface area contributed by atoms with Crippen molar-refractivity contribution in [2.45, 2.75) is 0 Å². The molecule has 0 saturated heterocycles. The number of carbonyl (C=O) groups excluding carboxylic acids is 1. The van der Waals surface area contributed by atoms with Crippen LogP contribution in [-0.4, -0.2) is 5.91 Å². The van der Waals surface area contributed by atoms with Gasteiger partial charge in [0.15, 0.2) is 0 Å². The first-order chi connectivity index (χ1) is 10.0. The molecule has 0 saturated carbocycles. The molecule has 0 aliphatic carbocycles. The van der Waals surface area contributed by atoms with Gasteiger partial charge in [0.25, 0.3) is 5.91 Å². The van der Waals surface area contributed by atoms with Crippen LogP contribution in [-0.2, 0) is 0 Å². The van der Waals surface area contributed by atoms with Gasteiger partial charge in [0.2, 0.25) is 0 Å². The highest BCUT2D eigenvalue weighted by atomic mass is 79.9. The number of thiophene rings is 1. The summed E-state index contributed by atoms with van der Waals surface area (Å²) in [5, 5.41) is 3.68. The summed E-state index contributed by atoms with van der Waals surface area (Å²) in [6.45, 7) is 0. The van der Waals surface area contributed by atoms with Gasteiger partial charge in [-0.2, -0.15) is 0 Å². The van der Waals surface area contributed by atoms with Crippen LogP contribution in [0.25, 0.3) is 10.1 Å². The molecule has 3 nitrogen and oxygen atoms in total. The van der Waals surface area contributed by atoms with Crippen LogP contribution in [0.4, 0.5) is 15.8 Å². The molecule has 0 aliphatic rings. The third-order valence-corrected chi connectivity index (χ3v) is 4.66. The SMILES string of the molecule is Nc1ccc2sc(C(=O)Nc3ccc(F)c(Br)c3)cc2c1. The van der Waals surface area contributed by atoms with E-state index < -0.39 is 0 Å². The summed E-state index contributed by atoms with van der Waals surface area (Å²) in [7, 11) is 0. The number of rotatable bonds is 2. The molecule has 3 N–H and O–H groups in total. The molecule has 106 valence electrons. The number of nitrogens with one attached hydrogen (secondary N) is 1. The van der Waals surface area contributed by atoms with Gasteiger partial charge in [-0.25, -0.2) is 4.39 Å². The number of nitrogen functional groups attached to an aromatic ring is 1. The van der Waals surface area contributed by atoms with Crippen molar-refractivity contribution in [3.05, 3.63) is 57.6 Å². The Morgan fingerprint density at radius 1 is 1.19 bits per heavy atom. The molecule has 3 rings (SSSR count). The summed E-state index contributed by atoms with van der Waals surface area (Å²) < 4.78 is 14.5. The Kier molecular flexibility index (Phi) is 3.65. The number of benzene rings is 2. The molecule has 0 spiro atoms.